The fourth-order valence-corrected chi connectivity index (χ4v) is 8.56. The number of rotatable bonds is 24. The second-order valence-corrected chi connectivity index (χ2v) is 14.6. The summed E-state index contributed by atoms with van der Waals surface area (Å²) in [6, 6.07) is 0. The van der Waals surface area contributed by atoms with E-state index in [1.54, 1.807) is 12.3 Å². The molecule has 0 bridgehead atoms. The van der Waals surface area contributed by atoms with Crippen molar-refractivity contribution in [2.45, 2.75) is 156 Å². The molecule has 0 nitrogen and oxygen atoms in total. The molecule has 0 rings (SSSR count). The lowest BCUT2D eigenvalue weighted by molar-refractivity contribution is 0.561. The summed E-state index contributed by atoms with van der Waals surface area (Å²) >= 11 is 0. The van der Waals surface area contributed by atoms with Crippen molar-refractivity contribution in [1.29, 1.82) is 0 Å². The molecular formula is C28H60P+. The van der Waals surface area contributed by atoms with Crippen LogP contribution >= 0.6 is 7.26 Å². The van der Waals surface area contributed by atoms with Crippen molar-refractivity contribution < 1.29 is 0 Å². The largest absolute Gasteiger partial charge is 0.0654 e. The van der Waals surface area contributed by atoms with E-state index in [4.69, 9.17) is 0 Å². The van der Waals surface area contributed by atoms with Crippen molar-refractivity contribution in [1.82, 2.24) is 0 Å². The molecule has 0 radical (unpaired) electrons. The molecule has 176 valence electrons. The van der Waals surface area contributed by atoms with Crippen LogP contribution in [0.15, 0.2) is 0 Å². The van der Waals surface area contributed by atoms with Gasteiger partial charge in [0.05, 0.1) is 24.6 Å². The maximum Gasteiger partial charge on any atom is 0.0594 e. The van der Waals surface area contributed by atoms with E-state index in [0.717, 1.165) is 0 Å². The van der Waals surface area contributed by atoms with Gasteiger partial charge in [0.15, 0.2) is 0 Å². The summed E-state index contributed by atoms with van der Waals surface area (Å²) in [5.41, 5.74) is 0. The molecule has 0 aromatic carbocycles. The van der Waals surface area contributed by atoms with Gasteiger partial charge in [-0.1, -0.05) is 117 Å². The average Bonchev–Trinajstić information content (AvgIpc) is 2.75. The fraction of sp³-hybridized carbons (Fsp3) is 1.00. The SMILES string of the molecule is CCCCCCCCCCCC[P+](CC)(CC)CCCCCCCCCCCC. The highest BCUT2D eigenvalue weighted by Gasteiger charge is 2.31. The molecule has 0 spiro atoms. The van der Waals surface area contributed by atoms with Crippen LogP contribution in [-0.4, -0.2) is 24.6 Å². The second kappa shape index (κ2) is 23.1. The number of hydrogen-bond acceptors (Lipinski definition) is 0. The monoisotopic (exact) mass is 427 g/mol. The van der Waals surface area contributed by atoms with E-state index < -0.39 is 7.26 Å². The van der Waals surface area contributed by atoms with Crippen molar-refractivity contribution in [3.63, 3.8) is 0 Å². The topological polar surface area (TPSA) is 0 Å². The number of unbranched alkanes of at least 4 members (excludes halogenated alkanes) is 18. The molecule has 0 amide bonds. The molecule has 0 atom stereocenters. The summed E-state index contributed by atoms with van der Waals surface area (Å²) in [6.45, 7) is 9.63. The third kappa shape index (κ3) is 18.9. The zero-order valence-corrected chi connectivity index (χ0v) is 22.3. The maximum atomic E-state index is 2.50. The van der Waals surface area contributed by atoms with Crippen LogP contribution in [0.1, 0.15) is 156 Å². The fourth-order valence-electron chi connectivity index (χ4n) is 4.84. The van der Waals surface area contributed by atoms with Gasteiger partial charge in [0.2, 0.25) is 0 Å². The Labute approximate surface area is 188 Å². The molecule has 1 heteroatoms. The van der Waals surface area contributed by atoms with E-state index in [0.29, 0.717) is 0 Å². The second-order valence-electron chi connectivity index (χ2n) is 9.79. The van der Waals surface area contributed by atoms with Gasteiger partial charge in [-0.2, -0.15) is 0 Å². The summed E-state index contributed by atoms with van der Waals surface area (Å²) in [5.74, 6) is 0. The third-order valence-corrected chi connectivity index (χ3v) is 12.5. The van der Waals surface area contributed by atoms with Gasteiger partial charge in [-0.15, -0.1) is 0 Å². The van der Waals surface area contributed by atoms with E-state index in [-0.39, 0.29) is 0 Å². The van der Waals surface area contributed by atoms with Crippen LogP contribution in [0.3, 0.4) is 0 Å². The van der Waals surface area contributed by atoms with Gasteiger partial charge in [-0.05, 0) is 39.5 Å². The van der Waals surface area contributed by atoms with E-state index >= 15 is 0 Å². The maximum absolute atomic E-state index is 2.50. The Morgan fingerprint density at radius 1 is 0.310 bits per heavy atom. The van der Waals surface area contributed by atoms with Gasteiger partial charge in [-0.25, -0.2) is 0 Å². The van der Waals surface area contributed by atoms with Gasteiger partial charge in [0.25, 0.3) is 0 Å². The molecule has 0 aromatic heterocycles. The van der Waals surface area contributed by atoms with Crippen molar-refractivity contribution in [3.8, 4) is 0 Å². The van der Waals surface area contributed by atoms with Gasteiger partial charge in [-0.3, -0.25) is 0 Å². The lowest BCUT2D eigenvalue weighted by Crippen LogP contribution is -2.09. The van der Waals surface area contributed by atoms with Crippen LogP contribution in [0, 0.1) is 0 Å². The van der Waals surface area contributed by atoms with Crippen LogP contribution in [0.5, 0.6) is 0 Å². The normalized spacial score (nSPS) is 12.0. The first-order valence-electron chi connectivity index (χ1n) is 14.1. The first-order chi connectivity index (χ1) is 14.2. The Morgan fingerprint density at radius 2 is 0.552 bits per heavy atom. The van der Waals surface area contributed by atoms with Crippen LogP contribution in [0.25, 0.3) is 0 Å². The zero-order chi connectivity index (χ0) is 21.5. The summed E-state index contributed by atoms with van der Waals surface area (Å²) < 4.78 is 0. The predicted octanol–water partition coefficient (Wildman–Crippen LogP) is 10.9. The lowest BCUT2D eigenvalue weighted by atomic mass is 10.1. The highest BCUT2D eigenvalue weighted by Crippen LogP contribution is 2.59. The van der Waals surface area contributed by atoms with E-state index in [9.17, 15) is 0 Å². The Balaban J connectivity index is 3.64. The van der Waals surface area contributed by atoms with Crippen molar-refractivity contribution in [3.05, 3.63) is 0 Å². The van der Waals surface area contributed by atoms with E-state index in [1.165, 1.54) is 141 Å². The van der Waals surface area contributed by atoms with E-state index in [2.05, 4.69) is 27.7 Å². The summed E-state index contributed by atoms with van der Waals surface area (Å²) in [7, 11) is -0.606. The molecule has 0 saturated carbocycles. The molecule has 29 heavy (non-hydrogen) atoms. The van der Waals surface area contributed by atoms with Crippen molar-refractivity contribution in [2.75, 3.05) is 24.6 Å². The molecule has 0 aliphatic carbocycles. The minimum Gasteiger partial charge on any atom is -0.0654 e. The van der Waals surface area contributed by atoms with Crippen molar-refractivity contribution >= 4 is 7.26 Å². The number of hydrogen-bond donors (Lipinski definition) is 0. The molecule has 0 unspecified atom stereocenters. The highest BCUT2D eigenvalue weighted by molar-refractivity contribution is 7.75. The Hall–Kier alpha value is 0.430. The van der Waals surface area contributed by atoms with Gasteiger partial charge >= 0.3 is 0 Å². The Kier molecular flexibility index (Phi) is 23.4. The van der Waals surface area contributed by atoms with Crippen LogP contribution in [-0.2, 0) is 0 Å². The molecule has 0 aliphatic heterocycles. The highest BCUT2D eigenvalue weighted by atomic mass is 31.2. The minimum absolute atomic E-state index is 0.606. The first-order valence-corrected chi connectivity index (χ1v) is 16.6. The minimum atomic E-state index is -0.606. The summed E-state index contributed by atoms with van der Waals surface area (Å²) in [5, 5.41) is 0. The van der Waals surface area contributed by atoms with Gasteiger partial charge in [0.1, 0.15) is 0 Å². The quantitative estimate of drug-likeness (QED) is 0.106. The summed E-state index contributed by atoms with van der Waals surface area (Å²) in [4.78, 5) is 0. The molecule has 0 aliphatic rings. The third-order valence-electron chi connectivity index (χ3n) is 7.31. The van der Waals surface area contributed by atoms with E-state index in [1.807, 2.05) is 0 Å². The molecule has 0 N–H and O–H groups in total. The van der Waals surface area contributed by atoms with Crippen LogP contribution < -0.4 is 0 Å². The average molecular weight is 428 g/mol. The van der Waals surface area contributed by atoms with Crippen LogP contribution in [0.2, 0.25) is 0 Å². The summed E-state index contributed by atoms with van der Waals surface area (Å²) in [6.07, 6.45) is 35.8. The smallest absolute Gasteiger partial charge is 0.0594 e. The molecule has 0 heterocycles. The lowest BCUT2D eigenvalue weighted by Gasteiger charge is -2.25. The van der Waals surface area contributed by atoms with Crippen LogP contribution in [0.4, 0.5) is 0 Å². The van der Waals surface area contributed by atoms with Crippen molar-refractivity contribution in [2.24, 2.45) is 0 Å². The molecule has 0 aromatic rings. The standard InChI is InChI=1S/C28H60P/c1-5-9-11-13-15-17-19-21-23-25-27-29(7-3,8-4)28-26-24-22-20-18-16-14-12-10-6-2/h5-28H2,1-4H3/q+1. The predicted molar refractivity (Wildman–Crippen MR) is 141 cm³/mol. The Bertz CT molecular complexity index is 269. The first kappa shape index (κ1) is 29.4. The Morgan fingerprint density at radius 3 is 0.793 bits per heavy atom. The van der Waals surface area contributed by atoms with Gasteiger partial charge in [0, 0.05) is 7.26 Å². The molecule has 0 saturated heterocycles. The van der Waals surface area contributed by atoms with Gasteiger partial charge < -0.3 is 0 Å². The molecule has 0 fully saturated rings. The zero-order valence-electron chi connectivity index (χ0n) is 21.4. The molecular weight excluding hydrogens is 367 g/mol.